The van der Waals surface area contributed by atoms with Crippen LogP contribution in [0, 0.1) is 0 Å². The zero-order chi connectivity index (χ0) is 27.8. The van der Waals surface area contributed by atoms with Gasteiger partial charge in [-0.25, -0.2) is 9.78 Å². The third kappa shape index (κ3) is 5.50. The smallest absolute Gasteiger partial charge is 0.335 e. The minimum Gasteiger partial charge on any atom is -0.478 e. The number of pyridine rings is 1. The number of anilines is 1. The van der Waals surface area contributed by atoms with Crippen molar-refractivity contribution in [2.75, 3.05) is 37.7 Å². The number of aromatic nitrogens is 3. The maximum atomic E-state index is 11.6. The standard InChI is InChI=1S/C31H31N5O4S/c37-31(38)22-8-9-25-26(17-22)36(18-23-10-15-39-23)29(32-25)19-34-11-13-35(14-12-34)28-6-3-7-30(33-28)40-20-24-16-21-4-1-2-5-27(21)41-24/h1-9,16-17,23H,10-15,18-20H2,(H,37,38)/t23-/m0/s1. The predicted octanol–water partition coefficient (Wildman–Crippen LogP) is 5.03. The summed E-state index contributed by atoms with van der Waals surface area (Å²) < 4.78 is 15.2. The van der Waals surface area contributed by atoms with Gasteiger partial charge in [0.15, 0.2) is 0 Å². The molecule has 9 nitrogen and oxygen atoms in total. The monoisotopic (exact) mass is 569 g/mol. The van der Waals surface area contributed by atoms with Gasteiger partial charge in [0.25, 0.3) is 0 Å². The summed E-state index contributed by atoms with van der Waals surface area (Å²) >= 11 is 1.75. The van der Waals surface area contributed by atoms with E-state index >= 15 is 0 Å². The highest BCUT2D eigenvalue weighted by molar-refractivity contribution is 7.19. The van der Waals surface area contributed by atoms with Gasteiger partial charge in [0.05, 0.1) is 35.8 Å². The average Bonchev–Trinajstić information content (AvgIpc) is 3.54. The average molecular weight is 570 g/mol. The van der Waals surface area contributed by atoms with E-state index in [2.05, 4.69) is 44.7 Å². The van der Waals surface area contributed by atoms with E-state index in [1.807, 2.05) is 18.2 Å². The molecule has 0 aliphatic carbocycles. The Balaban J connectivity index is 1.00. The van der Waals surface area contributed by atoms with Crippen LogP contribution < -0.4 is 9.64 Å². The molecule has 2 aliphatic rings. The van der Waals surface area contributed by atoms with Crippen molar-refractivity contribution in [1.82, 2.24) is 19.4 Å². The second-order valence-electron chi connectivity index (χ2n) is 10.6. The molecular weight excluding hydrogens is 538 g/mol. The van der Waals surface area contributed by atoms with Crippen LogP contribution >= 0.6 is 11.3 Å². The lowest BCUT2D eigenvalue weighted by Gasteiger charge is -2.35. The van der Waals surface area contributed by atoms with E-state index in [1.165, 1.54) is 15.0 Å². The van der Waals surface area contributed by atoms with Crippen molar-refractivity contribution in [3.63, 3.8) is 0 Å². The molecule has 2 aliphatic heterocycles. The van der Waals surface area contributed by atoms with Gasteiger partial charge in [0.1, 0.15) is 18.2 Å². The molecule has 0 bridgehead atoms. The van der Waals surface area contributed by atoms with Crippen LogP contribution in [0.15, 0.2) is 66.7 Å². The summed E-state index contributed by atoms with van der Waals surface area (Å²) in [4.78, 5) is 27.2. The topological polar surface area (TPSA) is 93.0 Å². The first-order chi connectivity index (χ1) is 20.1. The SMILES string of the molecule is O=C(O)c1ccc2nc(CN3CCN(c4cccc(OCc5cc6ccccc6s5)n4)CC3)n(C[C@@H]3CCO3)c2c1. The number of imidazole rings is 1. The van der Waals surface area contributed by atoms with Crippen LogP contribution in [0.4, 0.5) is 5.82 Å². The van der Waals surface area contributed by atoms with E-state index in [-0.39, 0.29) is 11.7 Å². The fraction of sp³-hybridized carbons (Fsp3) is 0.323. The Morgan fingerprint density at radius 2 is 1.88 bits per heavy atom. The summed E-state index contributed by atoms with van der Waals surface area (Å²) in [5.74, 6) is 1.57. The highest BCUT2D eigenvalue weighted by atomic mass is 32.1. The van der Waals surface area contributed by atoms with Gasteiger partial charge in [-0.1, -0.05) is 24.3 Å². The maximum absolute atomic E-state index is 11.6. The number of rotatable bonds is 9. The van der Waals surface area contributed by atoms with Crippen molar-refractivity contribution in [3.8, 4) is 5.88 Å². The molecule has 3 aromatic heterocycles. The number of hydrogen-bond acceptors (Lipinski definition) is 8. The highest BCUT2D eigenvalue weighted by Gasteiger charge is 2.25. The number of nitrogens with zero attached hydrogens (tertiary/aromatic N) is 5. The molecule has 2 saturated heterocycles. The van der Waals surface area contributed by atoms with Crippen molar-refractivity contribution in [3.05, 3.63) is 83.0 Å². The van der Waals surface area contributed by atoms with Crippen LogP contribution in [-0.4, -0.2) is 69.4 Å². The Kier molecular flexibility index (Phi) is 7.03. The molecule has 210 valence electrons. The number of aromatic carboxylic acids is 1. The third-order valence-electron chi connectivity index (χ3n) is 7.86. The molecule has 10 heteroatoms. The number of benzene rings is 2. The molecule has 7 rings (SSSR count). The fourth-order valence-electron chi connectivity index (χ4n) is 5.51. The zero-order valence-electron chi connectivity index (χ0n) is 22.6. The van der Waals surface area contributed by atoms with Gasteiger partial charge >= 0.3 is 5.97 Å². The Bertz CT molecular complexity index is 1670. The minimum atomic E-state index is -0.930. The van der Waals surface area contributed by atoms with Crippen LogP contribution in [-0.2, 0) is 24.4 Å². The summed E-state index contributed by atoms with van der Waals surface area (Å²) in [5.41, 5.74) is 1.95. The van der Waals surface area contributed by atoms with Crippen LogP contribution in [0.2, 0.25) is 0 Å². The van der Waals surface area contributed by atoms with Gasteiger partial charge in [0, 0.05) is 48.4 Å². The Morgan fingerprint density at radius 1 is 1.02 bits per heavy atom. The van der Waals surface area contributed by atoms with E-state index in [9.17, 15) is 9.90 Å². The molecule has 0 radical (unpaired) electrons. The summed E-state index contributed by atoms with van der Waals surface area (Å²) in [7, 11) is 0. The minimum absolute atomic E-state index is 0.149. The molecule has 1 N–H and O–H groups in total. The first-order valence-electron chi connectivity index (χ1n) is 14.0. The number of carboxylic acids is 1. The second kappa shape index (κ2) is 11.1. The summed E-state index contributed by atoms with van der Waals surface area (Å²) in [5, 5.41) is 10.8. The van der Waals surface area contributed by atoms with Crippen LogP contribution in [0.1, 0.15) is 27.5 Å². The Labute approximate surface area is 241 Å². The Morgan fingerprint density at radius 3 is 2.66 bits per heavy atom. The van der Waals surface area contributed by atoms with Gasteiger partial charge in [-0.3, -0.25) is 4.90 Å². The number of fused-ring (bicyclic) bond motifs is 2. The van der Waals surface area contributed by atoms with E-state index < -0.39 is 5.97 Å². The van der Waals surface area contributed by atoms with Crippen LogP contribution in [0.3, 0.4) is 0 Å². The van der Waals surface area contributed by atoms with E-state index in [0.717, 1.165) is 61.9 Å². The summed E-state index contributed by atoms with van der Waals surface area (Å²) in [6.45, 7) is 6.11. The van der Waals surface area contributed by atoms with Crippen LogP contribution in [0.5, 0.6) is 5.88 Å². The third-order valence-corrected chi connectivity index (χ3v) is 8.95. The maximum Gasteiger partial charge on any atom is 0.335 e. The number of hydrogen-bond donors (Lipinski definition) is 1. The van der Waals surface area contributed by atoms with Gasteiger partial charge in [-0.05, 0) is 48.2 Å². The van der Waals surface area contributed by atoms with Crippen molar-refractivity contribution in [2.45, 2.75) is 32.2 Å². The number of thiophene rings is 1. The predicted molar refractivity (Wildman–Crippen MR) is 159 cm³/mol. The van der Waals surface area contributed by atoms with Crippen LogP contribution in [0.25, 0.3) is 21.1 Å². The van der Waals surface area contributed by atoms with Gasteiger partial charge < -0.3 is 24.0 Å². The number of ether oxygens (including phenoxy) is 2. The van der Waals surface area contributed by atoms with Gasteiger partial charge in [-0.2, -0.15) is 4.98 Å². The molecule has 0 spiro atoms. The largest absolute Gasteiger partial charge is 0.478 e. The number of piperazine rings is 1. The zero-order valence-corrected chi connectivity index (χ0v) is 23.4. The lowest BCUT2D eigenvalue weighted by atomic mass is 10.1. The first kappa shape index (κ1) is 25.9. The Hall–Kier alpha value is -3.99. The molecule has 0 saturated carbocycles. The van der Waals surface area contributed by atoms with Gasteiger partial charge in [-0.15, -0.1) is 11.3 Å². The highest BCUT2D eigenvalue weighted by Crippen LogP contribution is 2.27. The van der Waals surface area contributed by atoms with Crippen molar-refractivity contribution < 1.29 is 19.4 Å². The molecule has 2 fully saturated rings. The molecule has 5 heterocycles. The molecule has 0 amide bonds. The summed E-state index contributed by atoms with van der Waals surface area (Å²) in [6, 6.07) is 21.7. The molecule has 1 atom stereocenters. The van der Waals surface area contributed by atoms with Gasteiger partial charge in [0.2, 0.25) is 5.88 Å². The number of carboxylic acid groups (broad SMARTS) is 1. The quantitative estimate of drug-likeness (QED) is 0.264. The molecule has 2 aromatic carbocycles. The molecule has 41 heavy (non-hydrogen) atoms. The lowest BCUT2D eigenvalue weighted by Crippen LogP contribution is -2.46. The van der Waals surface area contributed by atoms with E-state index in [4.69, 9.17) is 19.4 Å². The first-order valence-corrected chi connectivity index (χ1v) is 14.8. The second-order valence-corrected chi connectivity index (χ2v) is 11.7. The fourth-order valence-corrected chi connectivity index (χ4v) is 6.49. The molecule has 0 unspecified atom stereocenters. The van der Waals surface area contributed by atoms with Crippen molar-refractivity contribution >= 4 is 44.2 Å². The molecular formula is C31H31N5O4S. The normalized spacial score (nSPS) is 17.7. The summed E-state index contributed by atoms with van der Waals surface area (Å²) in [6.07, 6.45) is 1.16. The number of carbonyl (C=O) groups is 1. The lowest BCUT2D eigenvalue weighted by molar-refractivity contribution is -0.0592. The van der Waals surface area contributed by atoms with Crippen molar-refractivity contribution in [2.24, 2.45) is 0 Å². The van der Waals surface area contributed by atoms with Crippen molar-refractivity contribution in [1.29, 1.82) is 0 Å². The van der Waals surface area contributed by atoms with E-state index in [0.29, 0.717) is 25.6 Å². The molecule has 5 aromatic rings. The van der Waals surface area contributed by atoms with E-state index in [1.54, 1.807) is 29.5 Å².